The summed E-state index contributed by atoms with van der Waals surface area (Å²) in [5.41, 5.74) is 2.27. The largest absolute Gasteiger partial charge is 0.468 e. The lowest BCUT2D eigenvalue weighted by Crippen LogP contribution is -2.58. The molecule has 0 amide bonds. The van der Waals surface area contributed by atoms with Crippen molar-refractivity contribution in [1.82, 2.24) is 0 Å². The Hall–Kier alpha value is -2.66. The Morgan fingerprint density at radius 1 is 1.00 bits per heavy atom. The van der Waals surface area contributed by atoms with Crippen LogP contribution in [-0.4, -0.2) is 36.9 Å². The number of hydrogen-bond donors (Lipinski definition) is 0. The van der Waals surface area contributed by atoms with Crippen molar-refractivity contribution in [2.24, 2.45) is 5.41 Å². The number of rotatable bonds is 7. The minimum atomic E-state index is -1.26. The number of cyclic esters (lactones) is 1. The highest BCUT2D eigenvalue weighted by Crippen LogP contribution is 2.72. The van der Waals surface area contributed by atoms with Gasteiger partial charge < -0.3 is 14.2 Å². The standard InChI is InChI=1S/C28H30O5/c1-3-4-5-6-15-22-24-28(33-24,26(30)32-22)27(25(29)31-2)16-21-17-11-7-9-13-19(17)23(27)20-14-10-8-12-18(20)21/h7-14,21-24H,3-6,15-16H2,1-2H3. The molecule has 172 valence electrons. The second-order valence-electron chi connectivity index (χ2n) is 9.98. The number of carbonyl (C=O) groups is 2. The summed E-state index contributed by atoms with van der Waals surface area (Å²) in [5.74, 6) is -1.05. The quantitative estimate of drug-likeness (QED) is 0.345. The molecule has 0 saturated carbocycles. The number of methoxy groups -OCH3 is 1. The van der Waals surface area contributed by atoms with Crippen LogP contribution in [0.4, 0.5) is 0 Å². The fourth-order valence-corrected chi connectivity index (χ4v) is 7.09. The molecule has 2 aromatic rings. The Bertz CT molecular complexity index is 1080. The van der Waals surface area contributed by atoms with Crippen molar-refractivity contribution in [3.05, 3.63) is 70.8 Å². The van der Waals surface area contributed by atoms with E-state index in [0.717, 1.165) is 36.8 Å². The predicted octanol–water partition coefficient (Wildman–Crippen LogP) is 4.86. The molecule has 2 aliphatic heterocycles. The van der Waals surface area contributed by atoms with Crippen LogP contribution in [0.5, 0.6) is 0 Å². The van der Waals surface area contributed by atoms with Crippen molar-refractivity contribution in [2.45, 2.75) is 75.1 Å². The Kier molecular flexibility index (Phi) is 4.70. The summed E-state index contributed by atoms with van der Waals surface area (Å²) in [4.78, 5) is 27.3. The van der Waals surface area contributed by atoms with Crippen LogP contribution >= 0.6 is 0 Å². The Morgan fingerprint density at radius 3 is 2.21 bits per heavy atom. The first kappa shape index (κ1) is 20.9. The Balaban J connectivity index is 1.47. The summed E-state index contributed by atoms with van der Waals surface area (Å²) in [6.45, 7) is 2.18. The number of benzene rings is 2. The van der Waals surface area contributed by atoms with Crippen LogP contribution in [0.1, 0.15) is 79.5 Å². The number of ether oxygens (including phenoxy) is 3. The lowest BCUT2D eigenvalue weighted by atomic mass is 9.47. The molecule has 2 saturated heterocycles. The molecule has 3 aliphatic carbocycles. The van der Waals surface area contributed by atoms with Gasteiger partial charge in [0.25, 0.3) is 0 Å². The third kappa shape index (κ3) is 2.57. The Morgan fingerprint density at radius 2 is 1.64 bits per heavy atom. The first-order chi connectivity index (χ1) is 16.1. The van der Waals surface area contributed by atoms with E-state index in [2.05, 4.69) is 31.2 Å². The molecular formula is C28H30O5. The first-order valence-electron chi connectivity index (χ1n) is 12.2. The van der Waals surface area contributed by atoms with Crippen molar-refractivity contribution < 1.29 is 23.8 Å². The molecule has 5 heteroatoms. The van der Waals surface area contributed by atoms with Crippen molar-refractivity contribution in [2.75, 3.05) is 7.11 Å². The minimum absolute atomic E-state index is 0.0112. The van der Waals surface area contributed by atoms with E-state index in [4.69, 9.17) is 14.2 Å². The zero-order valence-corrected chi connectivity index (χ0v) is 19.2. The zero-order chi connectivity index (χ0) is 22.8. The molecule has 0 N–H and O–H groups in total. The van der Waals surface area contributed by atoms with Gasteiger partial charge in [-0.15, -0.1) is 0 Å². The molecule has 2 fully saturated rings. The molecular weight excluding hydrogens is 416 g/mol. The van der Waals surface area contributed by atoms with Crippen molar-refractivity contribution >= 4 is 11.9 Å². The molecule has 0 aromatic heterocycles. The highest BCUT2D eigenvalue weighted by atomic mass is 16.7. The lowest BCUT2D eigenvalue weighted by molar-refractivity contribution is -0.174. The molecule has 5 aliphatic rings. The summed E-state index contributed by atoms with van der Waals surface area (Å²) in [5, 5.41) is 0. The van der Waals surface area contributed by atoms with Crippen molar-refractivity contribution in [3.8, 4) is 0 Å². The maximum Gasteiger partial charge on any atom is 0.342 e. The van der Waals surface area contributed by atoms with Gasteiger partial charge in [0, 0.05) is 11.8 Å². The van der Waals surface area contributed by atoms with E-state index in [0.29, 0.717) is 6.42 Å². The fraction of sp³-hybridized carbons (Fsp3) is 0.500. The maximum absolute atomic E-state index is 13.8. The maximum atomic E-state index is 13.8. The molecule has 0 spiro atoms. The van der Waals surface area contributed by atoms with Crippen LogP contribution in [0, 0.1) is 5.41 Å². The van der Waals surface area contributed by atoms with Gasteiger partial charge in [0.2, 0.25) is 5.60 Å². The topological polar surface area (TPSA) is 65.1 Å². The molecule has 0 radical (unpaired) electrons. The van der Waals surface area contributed by atoms with Gasteiger partial charge in [-0.2, -0.15) is 0 Å². The number of esters is 2. The van der Waals surface area contributed by atoms with Gasteiger partial charge in [0.05, 0.1) is 7.11 Å². The van der Waals surface area contributed by atoms with Gasteiger partial charge in [-0.05, 0) is 41.5 Å². The van der Waals surface area contributed by atoms with E-state index in [1.807, 2.05) is 24.3 Å². The van der Waals surface area contributed by atoms with E-state index in [1.54, 1.807) is 0 Å². The summed E-state index contributed by atoms with van der Waals surface area (Å²) in [6.07, 6.45) is 5.01. The molecule has 33 heavy (non-hydrogen) atoms. The second kappa shape index (κ2) is 7.42. The molecule has 2 heterocycles. The fourth-order valence-electron chi connectivity index (χ4n) is 7.09. The summed E-state index contributed by atoms with van der Waals surface area (Å²) < 4.78 is 17.6. The molecule has 4 unspecified atom stereocenters. The average molecular weight is 447 g/mol. The minimum Gasteiger partial charge on any atom is -0.468 e. The van der Waals surface area contributed by atoms with Crippen molar-refractivity contribution in [1.29, 1.82) is 0 Å². The summed E-state index contributed by atoms with van der Waals surface area (Å²) >= 11 is 0. The number of hydrogen-bond acceptors (Lipinski definition) is 5. The van der Waals surface area contributed by atoms with Crippen LogP contribution in [-0.2, 0) is 23.8 Å². The van der Waals surface area contributed by atoms with Crippen LogP contribution < -0.4 is 0 Å². The first-order valence-corrected chi connectivity index (χ1v) is 12.2. The zero-order valence-electron chi connectivity index (χ0n) is 19.2. The highest BCUT2D eigenvalue weighted by Gasteiger charge is 2.86. The van der Waals surface area contributed by atoms with Crippen LogP contribution in [0.3, 0.4) is 0 Å². The number of epoxide rings is 1. The molecule has 7 rings (SSSR count). The third-order valence-corrected chi connectivity index (χ3v) is 8.49. The van der Waals surface area contributed by atoms with E-state index in [9.17, 15) is 9.59 Å². The van der Waals surface area contributed by atoms with E-state index in [1.165, 1.54) is 24.7 Å². The second-order valence-corrected chi connectivity index (χ2v) is 9.98. The SMILES string of the molecule is CCCCCCC1OC(=O)C2(C3(C(=O)OC)CC4c5ccccc5C3c3ccccc34)OC12. The van der Waals surface area contributed by atoms with Gasteiger partial charge >= 0.3 is 11.9 Å². The highest BCUT2D eigenvalue weighted by molar-refractivity contribution is 5.98. The Labute approximate surface area is 194 Å². The molecule has 2 aromatic carbocycles. The lowest BCUT2D eigenvalue weighted by Gasteiger charge is -2.52. The molecule has 4 atom stereocenters. The normalized spacial score (nSPS) is 34.8. The smallest absolute Gasteiger partial charge is 0.342 e. The summed E-state index contributed by atoms with van der Waals surface area (Å²) in [6, 6.07) is 16.6. The van der Waals surface area contributed by atoms with Gasteiger partial charge in [0.1, 0.15) is 17.6 Å². The van der Waals surface area contributed by atoms with Gasteiger partial charge in [-0.25, -0.2) is 4.79 Å². The monoisotopic (exact) mass is 446 g/mol. The van der Waals surface area contributed by atoms with E-state index >= 15 is 0 Å². The van der Waals surface area contributed by atoms with Crippen LogP contribution in [0.2, 0.25) is 0 Å². The van der Waals surface area contributed by atoms with Crippen molar-refractivity contribution in [3.63, 3.8) is 0 Å². The number of carbonyl (C=O) groups excluding carboxylic acids is 2. The number of fused-ring (bicyclic) bond motifs is 3. The van der Waals surface area contributed by atoms with E-state index < -0.39 is 11.0 Å². The third-order valence-electron chi connectivity index (χ3n) is 8.49. The average Bonchev–Trinajstić information content (AvgIpc) is 3.56. The van der Waals surface area contributed by atoms with Crippen LogP contribution in [0.25, 0.3) is 0 Å². The predicted molar refractivity (Wildman–Crippen MR) is 122 cm³/mol. The molecule has 2 bridgehead atoms. The van der Waals surface area contributed by atoms with Gasteiger partial charge in [0.15, 0.2) is 0 Å². The van der Waals surface area contributed by atoms with E-state index in [-0.39, 0.29) is 36.0 Å². The number of unbranched alkanes of at least 4 members (excludes halogenated alkanes) is 3. The molecule has 5 nitrogen and oxygen atoms in total. The van der Waals surface area contributed by atoms with Crippen LogP contribution in [0.15, 0.2) is 48.5 Å². The van der Waals surface area contributed by atoms with Gasteiger partial charge in [-0.1, -0.05) is 74.7 Å². The summed E-state index contributed by atoms with van der Waals surface area (Å²) in [7, 11) is 1.42. The van der Waals surface area contributed by atoms with Gasteiger partial charge in [-0.3, -0.25) is 4.79 Å².